The predicted molar refractivity (Wildman–Crippen MR) is 67.7 cm³/mol. The molecule has 0 unspecified atom stereocenters. The van der Waals surface area contributed by atoms with E-state index in [1.165, 1.54) is 38.5 Å². The zero-order valence-electron chi connectivity index (χ0n) is 11.1. The molecule has 5 heteroatoms. The molecule has 100 valence electrons. The van der Waals surface area contributed by atoms with Crippen molar-refractivity contribution < 1.29 is 0 Å². The first-order valence-corrected chi connectivity index (χ1v) is 7.38. The van der Waals surface area contributed by atoms with Crippen molar-refractivity contribution in [1.82, 2.24) is 20.2 Å². The molecule has 0 saturated heterocycles. The standard InChI is InChI=1S/C14H19N5/c15-2-1-13-16-17-18-19(13)9-14-6-10-3-11(7-14)5-12(4-10)8-14/h10-12H,1,3-9H2. The zero-order valence-corrected chi connectivity index (χ0v) is 11.1. The van der Waals surface area contributed by atoms with Crippen LogP contribution in [-0.4, -0.2) is 20.2 Å². The lowest BCUT2D eigenvalue weighted by atomic mass is 9.49. The van der Waals surface area contributed by atoms with Crippen LogP contribution in [0.15, 0.2) is 0 Å². The van der Waals surface area contributed by atoms with Gasteiger partial charge in [-0.25, -0.2) is 4.68 Å². The van der Waals surface area contributed by atoms with Gasteiger partial charge in [0, 0.05) is 0 Å². The largest absolute Gasteiger partial charge is 0.228 e. The number of nitrogens with zero attached hydrogens (tertiary/aromatic N) is 5. The molecular weight excluding hydrogens is 238 g/mol. The van der Waals surface area contributed by atoms with Crippen molar-refractivity contribution in [2.75, 3.05) is 0 Å². The van der Waals surface area contributed by atoms with Crippen LogP contribution in [0.3, 0.4) is 0 Å². The summed E-state index contributed by atoms with van der Waals surface area (Å²) in [7, 11) is 0. The van der Waals surface area contributed by atoms with Gasteiger partial charge in [0.1, 0.15) is 0 Å². The lowest BCUT2D eigenvalue weighted by Crippen LogP contribution is -2.48. The molecule has 4 aliphatic carbocycles. The highest BCUT2D eigenvalue weighted by Gasteiger charge is 2.51. The summed E-state index contributed by atoms with van der Waals surface area (Å²) in [6.07, 6.45) is 8.75. The molecule has 0 N–H and O–H groups in total. The Kier molecular flexibility index (Phi) is 2.41. The quantitative estimate of drug-likeness (QED) is 0.830. The van der Waals surface area contributed by atoms with Crippen LogP contribution in [0.5, 0.6) is 0 Å². The van der Waals surface area contributed by atoms with Gasteiger partial charge in [-0.3, -0.25) is 0 Å². The molecule has 19 heavy (non-hydrogen) atoms. The zero-order chi connectivity index (χ0) is 12.9. The molecule has 0 spiro atoms. The molecule has 5 rings (SSSR count). The van der Waals surface area contributed by atoms with Crippen molar-refractivity contribution in [3.8, 4) is 6.07 Å². The van der Waals surface area contributed by atoms with Crippen molar-refractivity contribution in [3.63, 3.8) is 0 Å². The van der Waals surface area contributed by atoms with Gasteiger partial charge in [0.05, 0.1) is 19.0 Å². The first-order chi connectivity index (χ1) is 9.26. The Morgan fingerprint density at radius 1 is 1.16 bits per heavy atom. The third kappa shape index (κ3) is 1.85. The Morgan fingerprint density at radius 3 is 2.37 bits per heavy atom. The van der Waals surface area contributed by atoms with Crippen LogP contribution in [0, 0.1) is 34.5 Å². The van der Waals surface area contributed by atoms with Gasteiger partial charge in [-0.1, -0.05) is 0 Å². The first kappa shape index (κ1) is 11.4. The number of nitriles is 1. The molecular formula is C14H19N5. The Morgan fingerprint density at radius 2 is 1.79 bits per heavy atom. The Bertz CT molecular complexity index is 491. The summed E-state index contributed by atoms with van der Waals surface area (Å²) >= 11 is 0. The third-order valence-electron chi connectivity index (χ3n) is 5.49. The minimum Gasteiger partial charge on any atom is -0.228 e. The second-order valence-corrected chi connectivity index (χ2v) is 7.01. The molecule has 0 amide bonds. The predicted octanol–water partition coefficient (Wildman–Crippen LogP) is 1.96. The SMILES string of the molecule is N#CCc1nnnn1CC12CC3CC(CC(C3)C1)C2. The molecule has 0 aromatic carbocycles. The Hall–Kier alpha value is -1.44. The fraction of sp³-hybridized carbons (Fsp3) is 0.857. The van der Waals surface area contributed by atoms with Crippen LogP contribution in [-0.2, 0) is 13.0 Å². The monoisotopic (exact) mass is 257 g/mol. The van der Waals surface area contributed by atoms with Gasteiger partial charge in [-0.2, -0.15) is 5.26 Å². The molecule has 1 heterocycles. The molecule has 4 saturated carbocycles. The Labute approximate surface area is 113 Å². The van der Waals surface area contributed by atoms with Crippen molar-refractivity contribution in [2.45, 2.75) is 51.5 Å². The van der Waals surface area contributed by atoms with Crippen LogP contribution in [0.25, 0.3) is 0 Å². The van der Waals surface area contributed by atoms with E-state index in [4.69, 9.17) is 5.26 Å². The van der Waals surface area contributed by atoms with Crippen LogP contribution in [0.4, 0.5) is 0 Å². The van der Waals surface area contributed by atoms with Gasteiger partial charge in [-0.15, -0.1) is 5.10 Å². The maximum Gasteiger partial charge on any atom is 0.165 e. The molecule has 0 aliphatic heterocycles. The normalized spacial score (nSPS) is 39.4. The van der Waals surface area contributed by atoms with E-state index in [1.54, 1.807) is 0 Å². The molecule has 4 bridgehead atoms. The number of rotatable bonds is 3. The molecule has 1 aromatic heterocycles. The van der Waals surface area contributed by atoms with Gasteiger partial charge in [0.15, 0.2) is 5.82 Å². The molecule has 4 fully saturated rings. The van der Waals surface area contributed by atoms with Crippen molar-refractivity contribution in [3.05, 3.63) is 5.82 Å². The third-order valence-corrected chi connectivity index (χ3v) is 5.49. The smallest absolute Gasteiger partial charge is 0.165 e. The van der Waals surface area contributed by atoms with Gasteiger partial charge in [0.2, 0.25) is 0 Å². The van der Waals surface area contributed by atoms with E-state index in [1.807, 2.05) is 4.68 Å². The maximum atomic E-state index is 8.83. The van der Waals surface area contributed by atoms with Gasteiger partial charge < -0.3 is 0 Å². The summed E-state index contributed by atoms with van der Waals surface area (Å²) in [5.41, 5.74) is 0.425. The van der Waals surface area contributed by atoms with Crippen molar-refractivity contribution in [1.29, 1.82) is 5.26 Å². The van der Waals surface area contributed by atoms with Crippen LogP contribution < -0.4 is 0 Å². The fourth-order valence-corrected chi connectivity index (χ4v) is 5.34. The summed E-state index contributed by atoms with van der Waals surface area (Å²) < 4.78 is 1.90. The maximum absolute atomic E-state index is 8.83. The van der Waals surface area contributed by atoms with E-state index in [0.717, 1.165) is 30.1 Å². The van der Waals surface area contributed by atoms with Gasteiger partial charge in [-0.05, 0) is 72.1 Å². The fourth-order valence-electron chi connectivity index (χ4n) is 5.34. The van der Waals surface area contributed by atoms with Crippen LogP contribution >= 0.6 is 0 Å². The summed E-state index contributed by atoms with van der Waals surface area (Å²) in [5, 5.41) is 20.7. The average molecular weight is 257 g/mol. The number of aromatic nitrogens is 4. The van der Waals surface area contributed by atoms with E-state index in [0.29, 0.717) is 11.8 Å². The summed E-state index contributed by atoms with van der Waals surface area (Å²) in [4.78, 5) is 0. The summed E-state index contributed by atoms with van der Waals surface area (Å²) in [6.45, 7) is 0.931. The second kappa shape index (κ2) is 4.03. The first-order valence-electron chi connectivity index (χ1n) is 7.38. The molecule has 0 radical (unpaired) electrons. The Balaban J connectivity index is 1.59. The second-order valence-electron chi connectivity index (χ2n) is 7.01. The van der Waals surface area contributed by atoms with Gasteiger partial charge >= 0.3 is 0 Å². The number of hydrogen-bond acceptors (Lipinski definition) is 4. The lowest BCUT2D eigenvalue weighted by Gasteiger charge is -2.56. The number of tetrazole rings is 1. The van der Waals surface area contributed by atoms with Crippen molar-refractivity contribution >= 4 is 0 Å². The van der Waals surface area contributed by atoms with E-state index < -0.39 is 0 Å². The summed E-state index contributed by atoms with van der Waals surface area (Å²) in [5.74, 6) is 3.57. The van der Waals surface area contributed by atoms with E-state index in [2.05, 4.69) is 21.6 Å². The molecule has 4 aliphatic rings. The van der Waals surface area contributed by atoms with Gasteiger partial charge in [0.25, 0.3) is 0 Å². The molecule has 1 aromatic rings. The highest BCUT2D eigenvalue weighted by atomic mass is 15.5. The lowest BCUT2D eigenvalue weighted by molar-refractivity contribution is -0.0641. The highest BCUT2D eigenvalue weighted by molar-refractivity contribution is 5.02. The molecule has 0 atom stereocenters. The van der Waals surface area contributed by atoms with Crippen LogP contribution in [0.2, 0.25) is 0 Å². The summed E-state index contributed by atoms with van der Waals surface area (Å²) in [6, 6.07) is 2.16. The van der Waals surface area contributed by atoms with E-state index in [9.17, 15) is 0 Å². The average Bonchev–Trinajstić information content (AvgIpc) is 2.74. The van der Waals surface area contributed by atoms with E-state index in [-0.39, 0.29) is 0 Å². The number of hydrogen-bond donors (Lipinski definition) is 0. The molecule has 5 nitrogen and oxygen atoms in total. The highest BCUT2D eigenvalue weighted by Crippen LogP contribution is 2.60. The minimum atomic E-state index is 0.319. The minimum absolute atomic E-state index is 0.319. The topological polar surface area (TPSA) is 67.4 Å². The van der Waals surface area contributed by atoms with Crippen molar-refractivity contribution in [2.24, 2.45) is 23.2 Å². The van der Waals surface area contributed by atoms with Crippen LogP contribution in [0.1, 0.15) is 44.3 Å². The van der Waals surface area contributed by atoms with E-state index >= 15 is 0 Å².